The van der Waals surface area contributed by atoms with Crippen LogP contribution in [0.2, 0.25) is 5.02 Å². The lowest BCUT2D eigenvalue weighted by molar-refractivity contribution is -0.126. The summed E-state index contributed by atoms with van der Waals surface area (Å²) >= 11 is 7.29. The molecule has 0 fully saturated rings. The molecule has 0 unspecified atom stereocenters. The van der Waals surface area contributed by atoms with Gasteiger partial charge in [0.1, 0.15) is 0 Å². The molecule has 2 rings (SSSR count). The number of hydrogen-bond acceptors (Lipinski definition) is 5. The number of amides is 2. The van der Waals surface area contributed by atoms with Crippen molar-refractivity contribution < 1.29 is 19.1 Å². The van der Waals surface area contributed by atoms with Crippen LogP contribution in [0.4, 0.5) is 0 Å². The van der Waals surface area contributed by atoms with Gasteiger partial charge >= 0.3 is 5.97 Å². The zero-order chi connectivity index (χ0) is 20.5. The monoisotopic (exact) mass is 420 g/mol. The normalized spacial score (nSPS) is 10.2. The highest BCUT2D eigenvalue weighted by molar-refractivity contribution is 8.00. The second kappa shape index (κ2) is 10.7. The lowest BCUT2D eigenvalue weighted by atomic mass is 10.2. The van der Waals surface area contributed by atoms with Crippen LogP contribution in [-0.2, 0) is 20.9 Å². The standard InChI is InChI=1S/C20H21ClN2O4S/c1-23(2)19(25)13-28-17-10-6-4-8-15(17)20(26)27-12-18(24)22-11-14-7-3-5-9-16(14)21/h3-10H,11-13H2,1-2H3,(H,22,24). The molecule has 0 bridgehead atoms. The van der Waals surface area contributed by atoms with Crippen molar-refractivity contribution in [2.75, 3.05) is 26.5 Å². The van der Waals surface area contributed by atoms with Crippen LogP contribution in [0.1, 0.15) is 15.9 Å². The lowest BCUT2D eigenvalue weighted by Crippen LogP contribution is -2.28. The van der Waals surface area contributed by atoms with Gasteiger partial charge < -0.3 is 15.0 Å². The van der Waals surface area contributed by atoms with Gasteiger partial charge in [0, 0.05) is 30.6 Å². The van der Waals surface area contributed by atoms with Crippen LogP contribution >= 0.6 is 23.4 Å². The Morgan fingerprint density at radius 3 is 2.46 bits per heavy atom. The average molecular weight is 421 g/mol. The number of carbonyl (C=O) groups excluding carboxylic acids is 3. The summed E-state index contributed by atoms with van der Waals surface area (Å²) in [5.41, 5.74) is 1.09. The van der Waals surface area contributed by atoms with Crippen LogP contribution in [-0.4, -0.2) is 49.1 Å². The van der Waals surface area contributed by atoms with Crippen molar-refractivity contribution in [1.82, 2.24) is 10.2 Å². The minimum absolute atomic E-state index is 0.0629. The van der Waals surface area contributed by atoms with Crippen LogP contribution < -0.4 is 5.32 Å². The summed E-state index contributed by atoms with van der Waals surface area (Å²) in [6.45, 7) is -0.159. The molecule has 0 radical (unpaired) electrons. The predicted octanol–water partition coefficient (Wildman–Crippen LogP) is 2.99. The fourth-order valence-corrected chi connectivity index (χ4v) is 3.35. The Kier molecular flexibility index (Phi) is 8.35. The van der Waals surface area contributed by atoms with Crippen molar-refractivity contribution >= 4 is 41.1 Å². The number of rotatable bonds is 8. The molecule has 0 aliphatic rings. The average Bonchev–Trinajstić information content (AvgIpc) is 2.69. The fraction of sp³-hybridized carbons (Fsp3) is 0.250. The number of thioether (sulfide) groups is 1. The van der Waals surface area contributed by atoms with E-state index in [0.29, 0.717) is 15.5 Å². The van der Waals surface area contributed by atoms with E-state index in [2.05, 4.69) is 5.32 Å². The topological polar surface area (TPSA) is 75.7 Å². The first kappa shape index (κ1) is 21.8. The van der Waals surface area contributed by atoms with Gasteiger partial charge in [-0.2, -0.15) is 0 Å². The van der Waals surface area contributed by atoms with Gasteiger partial charge in [-0.25, -0.2) is 4.79 Å². The Hall–Kier alpha value is -2.51. The van der Waals surface area contributed by atoms with Gasteiger partial charge in [-0.15, -0.1) is 11.8 Å². The molecule has 0 atom stereocenters. The molecule has 28 heavy (non-hydrogen) atoms. The zero-order valence-corrected chi connectivity index (χ0v) is 17.2. The van der Waals surface area contributed by atoms with Gasteiger partial charge in [-0.3, -0.25) is 9.59 Å². The highest BCUT2D eigenvalue weighted by Crippen LogP contribution is 2.23. The number of ether oxygens (including phenoxy) is 1. The second-order valence-electron chi connectivity index (χ2n) is 6.02. The molecule has 0 saturated heterocycles. The molecule has 2 aromatic rings. The molecular formula is C20H21ClN2O4S. The summed E-state index contributed by atoms with van der Waals surface area (Å²) in [5.74, 6) is -0.906. The fourth-order valence-electron chi connectivity index (χ4n) is 2.13. The summed E-state index contributed by atoms with van der Waals surface area (Å²) in [6.07, 6.45) is 0. The highest BCUT2D eigenvalue weighted by atomic mass is 35.5. The largest absolute Gasteiger partial charge is 0.452 e. The number of nitrogens with one attached hydrogen (secondary N) is 1. The maximum absolute atomic E-state index is 12.3. The molecule has 1 N–H and O–H groups in total. The Morgan fingerprint density at radius 2 is 1.75 bits per heavy atom. The number of benzene rings is 2. The Morgan fingerprint density at radius 1 is 1.07 bits per heavy atom. The molecule has 2 amide bonds. The summed E-state index contributed by atoms with van der Waals surface area (Å²) in [4.78, 5) is 38.2. The third-order valence-corrected chi connectivity index (χ3v) is 5.15. The third kappa shape index (κ3) is 6.58. The van der Waals surface area contributed by atoms with E-state index >= 15 is 0 Å². The molecule has 6 nitrogen and oxygen atoms in total. The van der Waals surface area contributed by atoms with Crippen LogP contribution in [0.5, 0.6) is 0 Å². The second-order valence-corrected chi connectivity index (χ2v) is 7.44. The molecule has 0 aliphatic heterocycles. The van der Waals surface area contributed by atoms with Gasteiger partial charge in [0.2, 0.25) is 5.91 Å². The highest BCUT2D eigenvalue weighted by Gasteiger charge is 2.16. The first-order valence-electron chi connectivity index (χ1n) is 8.47. The molecule has 0 spiro atoms. The van der Waals surface area contributed by atoms with Gasteiger partial charge in [-0.05, 0) is 23.8 Å². The summed E-state index contributed by atoms with van der Waals surface area (Å²) in [6, 6.07) is 14.0. The van der Waals surface area contributed by atoms with Crippen LogP contribution in [0.25, 0.3) is 0 Å². The van der Waals surface area contributed by atoms with E-state index in [4.69, 9.17) is 16.3 Å². The Labute approximate surface area is 173 Å². The van der Waals surface area contributed by atoms with Crippen LogP contribution in [0, 0.1) is 0 Å². The van der Waals surface area contributed by atoms with Gasteiger partial charge in [0.05, 0.1) is 11.3 Å². The molecular weight excluding hydrogens is 400 g/mol. The molecule has 0 saturated carbocycles. The first-order valence-corrected chi connectivity index (χ1v) is 9.84. The SMILES string of the molecule is CN(C)C(=O)CSc1ccccc1C(=O)OCC(=O)NCc1ccccc1Cl. The van der Waals surface area contributed by atoms with Crippen LogP contribution in [0.3, 0.4) is 0 Å². The van der Waals surface area contributed by atoms with E-state index in [1.54, 1.807) is 56.6 Å². The number of halogens is 1. The predicted molar refractivity (Wildman–Crippen MR) is 109 cm³/mol. The summed E-state index contributed by atoms with van der Waals surface area (Å²) in [5, 5.41) is 3.21. The summed E-state index contributed by atoms with van der Waals surface area (Å²) in [7, 11) is 3.34. The minimum Gasteiger partial charge on any atom is -0.452 e. The molecule has 0 heterocycles. The van der Waals surface area contributed by atoms with E-state index in [9.17, 15) is 14.4 Å². The van der Waals surface area contributed by atoms with E-state index in [1.165, 1.54) is 16.7 Å². The molecule has 8 heteroatoms. The van der Waals surface area contributed by atoms with Crippen molar-refractivity contribution in [3.63, 3.8) is 0 Å². The van der Waals surface area contributed by atoms with Crippen molar-refractivity contribution in [3.8, 4) is 0 Å². The Bertz CT molecular complexity index is 858. The van der Waals surface area contributed by atoms with E-state index < -0.39 is 18.5 Å². The number of esters is 1. The number of nitrogens with zero attached hydrogens (tertiary/aromatic N) is 1. The van der Waals surface area contributed by atoms with Crippen molar-refractivity contribution in [1.29, 1.82) is 0 Å². The number of hydrogen-bond donors (Lipinski definition) is 1. The van der Waals surface area contributed by atoms with Crippen LogP contribution in [0.15, 0.2) is 53.4 Å². The lowest BCUT2D eigenvalue weighted by Gasteiger charge is -2.12. The van der Waals surface area contributed by atoms with E-state index in [0.717, 1.165) is 5.56 Å². The van der Waals surface area contributed by atoms with E-state index in [-0.39, 0.29) is 18.2 Å². The zero-order valence-electron chi connectivity index (χ0n) is 15.6. The van der Waals surface area contributed by atoms with E-state index in [1.807, 2.05) is 6.07 Å². The molecule has 148 valence electrons. The van der Waals surface area contributed by atoms with Crippen molar-refractivity contribution in [2.24, 2.45) is 0 Å². The van der Waals surface area contributed by atoms with Gasteiger partial charge in [0.25, 0.3) is 5.91 Å². The van der Waals surface area contributed by atoms with Crippen molar-refractivity contribution in [2.45, 2.75) is 11.4 Å². The smallest absolute Gasteiger partial charge is 0.339 e. The molecule has 0 aromatic heterocycles. The molecule has 2 aromatic carbocycles. The minimum atomic E-state index is -0.617. The Balaban J connectivity index is 1.88. The first-order chi connectivity index (χ1) is 13.4. The quantitative estimate of drug-likeness (QED) is 0.524. The van der Waals surface area contributed by atoms with Crippen molar-refractivity contribution in [3.05, 3.63) is 64.7 Å². The molecule has 0 aliphatic carbocycles. The number of carbonyl (C=O) groups is 3. The van der Waals surface area contributed by atoms with Gasteiger partial charge in [0.15, 0.2) is 6.61 Å². The maximum atomic E-state index is 12.3. The van der Waals surface area contributed by atoms with Gasteiger partial charge in [-0.1, -0.05) is 41.9 Å². The summed E-state index contributed by atoms with van der Waals surface area (Å²) < 4.78 is 5.11. The maximum Gasteiger partial charge on any atom is 0.339 e. The third-order valence-electron chi connectivity index (χ3n) is 3.73.